The molecule has 0 aliphatic carbocycles. The highest BCUT2D eigenvalue weighted by Crippen LogP contribution is 2.38. The SMILES string of the molecule is CC1(C)Oc2c(ncnc2-c2ccc(CNS(N)(=O)=O)cc2)NC1=O.Cl. The molecule has 9 nitrogen and oxygen atoms in total. The minimum Gasteiger partial charge on any atom is -0.472 e. The van der Waals surface area contributed by atoms with Gasteiger partial charge in [0.15, 0.2) is 17.2 Å². The minimum absolute atomic E-state index is 0. The lowest BCUT2D eigenvalue weighted by Gasteiger charge is -2.31. The number of amides is 1. The Labute approximate surface area is 157 Å². The molecule has 3 rings (SSSR count). The molecule has 140 valence electrons. The molecule has 0 spiro atoms. The van der Waals surface area contributed by atoms with Crippen LogP contribution in [0.15, 0.2) is 30.6 Å². The number of nitrogens with one attached hydrogen (secondary N) is 2. The predicted molar refractivity (Wildman–Crippen MR) is 98.0 cm³/mol. The minimum atomic E-state index is -3.75. The molecule has 0 unspecified atom stereocenters. The van der Waals surface area contributed by atoms with Crippen LogP contribution in [0, 0.1) is 0 Å². The number of halogens is 1. The maximum Gasteiger partial charge on any atom is 0.274 e. The van der Waals surface area contributed by atoms with E-state index >= 15 is 0 Å². The number of nitrogens with two attached hydrogens (primary N) is 1. The van der Waals surface area contributed by atoms with Gasteiger partial charge in [0.25, 0.3) is 16.1 Å². The highest BCUT2D eigenvalue weighted by molar-refractivity contribution is 7.87. The van der Waals surface area contributed by atoms with Gasteiger partial charge in [0, 0.05) is 12.1 Å². The van der Waals surface area contributed by atoms with Gasteiger partial charge in [0.2, 0.25) is 0 Å². The van der Waals surface area contributed by atoms with E-state index in [1.807, 2.05) is 0 Å². The molecule has 11 heteroatoms. The number of ether oxygens (including phenoxy) is 1. The lowest BCUT2D eigenvalue weighted by Crippen LogP contribution is -2.46. The number of carbonyl (C=O) groups is 1. The quantitative estimate of drug-likeness (QED) is 0.700. The van der Waals surface area contributed by atoms with Crippen molar-refractivity contribution in [2.24, 2.45) is 5.14 Å². The Balaban J connectivity index is 0.00000243. The molecule has 1 aromatic carbocycles. The average molecular weight is 400 g/mol. The zero-order valence-electron chi connectivity index (χ0n) is 14.0. The topological polar surface area (TPSA) is 136 Å². The van der Waals surface area contributed by atoms with Crippen molar-refractivity contribution in [3.05, 3.63) is 36.2 Å². The van der Waals surface area contributed by atoms with Gasteiger partial charge in [-0.25, -0.2) is 15.1 Å². The summed E-state index contributed by atoms with van der Waals surface area (Å²) >= 11 is 0. The fraction of sp³-hybridized carbons (Fsp3) is 0.267. The molecule has 0 radical (unpaired) electrons. The van der Waals surface area contributed by atoms with E-state index in [4.69, 9.17) is 9.88 Å². The largest absolute Gasteiger partial charge is 0.472 e. The molecule has 0 atom stereocenters. The Bertz CT molecular complexity index is 932. The molecule has 1 aromatic heterocycles. The smallest absolute Gasteiger partial charge is 0.274 e. The summed E-state index contributed by atoms with van der Waals surface area (Å²) in [5.74, 6) is 0.422. The Morgan fingerprint density at radius 3 is 2.50 bits per heavy atom. The second kappa shape index (κ2) is 7.16. The molecule has 1 aliphatic rings. The van der Waals surface area contributed by atoms with Crippen LogP contribution >= 0.6 is 12.4 Å². The van der Waals surface area contributed by atoms with Crippen LogP contribution in [0.4, 0.5) is 5.82 Å². The maximum atomic E-state index is 12.0. The van der Waals surface area contributed by atoms with Gasteiger partial charge in [-0.1, -0.05) is 24.3 Å². The number of carbonyl (C=O) groups excluding carboxylic acids is 1. The molecule has 1 aliphatic heterocycles. The molecule has 26 heavy (non-hydrogen) atoms. The van der Waals surface area contributed by atoms with E-state index in [1.165, 1.54) is 6.33 Å². The van der Waals surface area contributed by atoms with Crippen LogP contribution in [0.2, 0.25) is 0 Å². The summed E-state index contributed by atoms with van der Waals surface area (Å²) in [5.41, 5.74) is 0.968. The summed E-state index contributed by atoms with van der Waals surface area (Å²) in [7, 11) is -3.75. The van der Waals surface area contributed by atoms with E-state index < -0.39 is 15.8 Å². The molecule has 2 aromatic rings. The van der Waals surface area contributed by atoms with E-state index in [0.29, 0.717) is 17.3 Å². The Hall–Kier alpha value is -2.27. The number of rotatable bonds is 4. The van der Waals surface area contributed by atoms with Crippen LogP contribution in [0.25, 0.3) is 11.3 Å². The number of benzene rings is 1. The van der Waals surface area contributed by atoms with Gasteiger partial charge in [-0.05, 0) is 19.4 Å². The summed E-state index contributed by atoms with van der Waals surface area (Å²) in [6.45, 7) is 3.40. The third kappa shape index (κ3) is 4.28. The summed E-state index contributed by atoms with van der Waals surface area (Å²) in [6, 6.07) is 7.04. The molecule has 1 amide bonds. The third-order valence-corrected chi connectivity index (χ3v) is 4.19. The van der Waals surface area contributed by atoms with E-state index in [2.05, 4.69) is 20.0 Å². The zero-order chi connectivity index (χ0) is 18.2. The normalized spacial score (nSPS) is 15.3. The van der Waals surface area contributed by atoms with Crippen LogP contribution in [0.3, 0.4) is 0 Å². The zero-order valence-corrected chi connectivity index (χ0v) is 15.6. The molecule has 0 fully saturated rings. The molecule has 0 bridgehead atoms. The number of anilines is 1. The number of hydrogen-bond acceptors (Lipinski definition) is 6. The highest BCUT2D eigenvalue weighted by atomic mass is 35.5. The van der Waals surface area contributed by atoms with Gasteiger partial charge in [-0.15, -0.1) is 12.4 Å². The first-order chi connectivity index (χ1) is 11.7. The van der Waals surface area contributed by atoms with E-state index in [0.717, 1.165) is 11.1 Å². The van der Waals surface area contributed by atoms with Crippen LogP contribution in [0.1, 0.15) is 19.4 Å². The first-order valence-electron chi connectivity index (χ1n) is 7.38. The summed E-state index contributed by atoms with van der Waals surface area (Å²) in [4.78, 5) is 20.2. The van der Waals surface area contributed by atoms with Gasteiger partial charge >= 0.3 is 0 Å². The van der Waals surface area contributed by atoms with Crippen molar-refractivity contribution in [1.82, 2.24) is 14.7 Å². The maximum absolute atomic E-state index is 12.0. The Morgan fingerprint density at radius 1 is 1.23 bits per heavy atom. The summed E-state index contributed by atoms with van der Waals surface area (Å²) in [5, 5.41) is 7.61. The van der Waals surface area contributed by atoms with Crippen molar-refractivity contribution in [2.45, 2.75) is 26.0 Å². The Kier molecular flexibility index (Phi) is 5.52. The van der Waals surface area contributed by atoms with Crippen molar-refractivity contribution >= 4 is 34.3 Å². The van der Waals surface area contributed by atoms with Crippen molar-refractivity contribution < 1.29 is 17.9 Å². The molecule has 0 saturated carbocycles. The average Bonchev–Trinajstić information content (AvgIpc) is 2.53. The molecule has 0 saturated heterocycles. The number of aromatic nitrogens is 2. The van der Waals surface area contributed by atoms with Gasteiger partial charge < -0.3 is 10.1 Å². The molecule has 2 heterocycles. The fourth-order valence-corrected chi connectivity index (χ4v) is 2.66. The molecular weight excluding hydrogens is 382 g/mol. The van der Waals surface area contributed by atoms with Crippen LogP contribution in [-0.2, 0) is 21.5 Å². The van der Waals surface area contributed by atoms with Crippen molar-refractivity contribution in [1.29, 1.82) is 0 Å². The second-order valence-corrected chi connectivity index (χ2v) is 7.41. The van der Waals surface area contributed by atoms with Crippen molar-refractivity contribution in [3.63, 3.8) is 0 Å². The fourth-order valence-electron chi connectivity index (χ4n) is 2.29. The highest BCUT2D eigenvalue weighted by Gasteiger charge is 2.37. The van der Waals surface area contributed by atoms with Crippen molar-refractivity contribution in [3.8, 4) is 17.0 Å². The number of fused-ring (bicyclic) bond motifs is 1. The van der Waals surface area contributed by atoms with Crippen LogP contribution in [-0.4, -0.2) is 29.9 Å². The van der Waals surface area contributed by atoms with E-state index in [-0.39, 0.29) is 24.9 Å². The van der Waals surface area contributed by atoms with E-state index in [9.17, 15) is 13.2 Å². The third-order valence-electron chi connectivity index (χ3n) is 3.64. The standard InChI is InChI=1S/C15H17N5O4S.ClH/c1-15(2)14(21)20-13-12(24-15)11(17-8-18-13)10-5-3-9(4-6-10)7-19-25(16,22)23;/h3-6,8,19H,7H2,1-2H3,(H2,16,22,23)(H,17,18,20,21);1H. The van der Waals surface area contributed by atoms with Crippen LogP contribution in [0.5, 0.6) is 5.75 Å². The molecule has 4 N–H and O–H groups in total. The first kappa shape index (κ1) is 20.0. The molecular formula is C15H18ClN5O4S. The van der Waals surface area contributed by atoms with Gasteiger partial charge in [0.05, 0.1) is 0 Å². The lowest BCUT2D eigenvalue weighted by atomic mass is 10.0. The lowest BCUT2D eigenvalue weighted by molar-refractivity contribution is -0.129. The van der Waals surface area contributed by atoms with E-state index in [1.54, 1.807) is 38.1 Å². The van der Waals surface area contributed by atoms with Gasteiger partial charge in [0.1, 0.15) is 12.0 Å². The van der Waals surface area contributed by atoms with Gasteiger partial charge in [-0.3, -0.25) is 4.79 Å². The summed E-state index contributed by atoms with van der Waals surface area (Å²) < 4.78 is 29.9. The summed E-state index contributed by atoms with van der Waals surface area (Å²) in [6.07, 6.45) is 1.34. The predicted octanol–water partition coefficient (Wildman–Crippen LogP) is 0.968. The Morgan fingerprint density at radius 2 is 1.88 bits per heavy atom. The monoisotopic (exact) mass is 399 g/mol. The van der Waals surface area contributed by atoms with Crippen molar-refractivity contribution in [2.75, 3.05) is 5.32 Å². The van der Waals surface area contributed by atoms with Gasteiger partial charge in [-0.2, -0.15) is 13.1 Å². The number of nitrogens with zero attached hydrogens (tertiary/aromatic N) is 2. The van der Waals surface area contributed by atoms with Crippen LogP contribution < -0.4 is 19.9 Å². The number of hydrogen-bond donors (Lipinski definition) is 3. The second-order valence-electron chi connectivity index (χ2n) is 6.03. The first-order valence-corrected chi connectivity index (χ1v) is 8.92.